The van der Waals surface area contributed by atoms with Crippen LogP contribution in [0.3, 0.4) is 0 Å². The van der Waals surface area contributed by atoms with Gasteiger partial charge in [-0.1, -0.05) is 23.7 Å². The largest absolute Gasteiger partial charge is 0.375 e. The molecule has 0 aliphatic carbocycles. The number of rotatable bonds is 7. The number of methoxy groups -OCH3 is 1. The maximum Gasteiger partial charge on any atom is 0.289 e. The molecule has 124 valence electrons. The van der Waals surface area contributed by atoms with Crippen LogP contribution >= 0.6 is 22.9 Å². The molecule has 0 aliphatic heterocycles. The van der Waals surface area contributed by atoms with Crippen LogP contribution in [-0.4, -0.2) is 27.0 Å². The van der Waals surface area contributed by atoms with E-state index in [-0.39, 0.29) is 11.4 Å². The number of hydrogen-bond acceptors (Lipinski definition) is 6. The van der Waals surface area contributed by atoms with Gasteiger partial charge in [-0.25, -0.2) is 13.1 Å². The topological polar surface area (TPSA) is 98.5 Å². The Morgan fingerprint density at radius 1 is 1.35 bits per heavy atom. The van der Waals surface area contributed by atoms with Gasteiger partial charge in [-0.15, -0.1) is 11.3 Å². The highest BCUT2D eigenvalue weighted by Gasteiger charge is 2.26. The number of hydrogen-bond donors (Lipinski definition) is 1. The van der Waals surface area contributed by atoms with Crippen LogP contribution in [0.15, 0.2) is 41.3 Å². The maximum atomic E-state index is 12.3. The standard InChI is InChI=1S/C13H13ClN2O5S2/c1-21-10(11-6-7-13(14)22-11)8-15-23(19,20)12-5-3-2-4-9(12)16(17)18/h2-7,10,15H,8H2,1H3. The monoisotopic (exact) mass is 376 g/mol. The number of thiophene rings is 1. The Hall–Kier alpha value is -1.52. The highest BCUT2D eigenvalue weighted by Crippen LogP contribution is 2.29. The predicted octanol–water partition coefficient (Wildman–Crippen LogP) is 2.98. The minimum Gasteiger partial charge on any atom is -0.375 e. The van der Waals surface area contributed by atoms with Gasteiger partial charge in [0.1, 0.15) is 6.10 Å². The first-order valence-electron chi connectivity index (χ1n) is 6.36. The Kier molecular flexibility index (Phi) is 5.71. The fraction of sp³-hybridized carbons (Fsp3) is 0.231. The molecule has 23 heavy (non-hydrogen) atoms. The number of benzene rings is 1. The van der Waals surface area contributed by atoms with Crippen LogP contribution in [0.2, 0.25) is 4.34 Å². The minimum atomic E-state index is -4.04. The molecule has 1 unspecified atom stereocenters. The zero-order valence-corrected chi connectivity index (χ0v) is 14.3. The summed E-state index contributed by atoms with van der Waals surface area (Å²) >= 11 is 7.12. The molecule has 0 fully saturated rings. The number of sulfonamides is 1. The normalized spacial score (nSPS) is 13.0. The van der Waals surface area contributed by atoms with Crippen molar-refractivity contribution in [3.8, 4) is 0 Å². The molecule has 0 amide bonds. The molecule has 0 saturated heterocycles. The predicted molar refractivity (Wildman–Crippen MR) is 87.4 cm³/mol. The van der Waals surface area contributed by atoms with Crippen LogP contribution in [0.25, 0.3) is 0 Å². The van der Waals surface area contributed by atoms with Gasteiger partial charge in [0.25, 0.3) is 5.69 Å². The van der Waals surface area contributed by atoms with E-state index in [9.17, 15) is 18.5 Å². The lowest BCUT2D eigenvalue weighted by molar-refractivity contribution is -0.387. The Labute approximate surface area is 142 Å². The van der Waals surface area contributed by atoms with Gasteiger partial charge < -0.3 is 4.74 Å². The summed E-state index contributed by atoms with van der Waals surface area (Å²) in [6.07, 6.45) is -0.537. The van der Waals surface area contributed by atoms with Crippen LogP contribution in [0.5, 0.6) is 0 Å². The molecule has 1 heterocycles. The quantitative estimate of drug-likeness (QED) is 0.591. The molecule has 0 radical (unpaired) electrons. The molecule has 7 nitrogen and oxygen atoms in total. The van der Waals surface area contributed by atoms with E-state index in [0.717, 1.165) is 10.9 Å². The third-order valence-electron chi connectivity index (χ3n) is 3.01. The van der Waals surface area contributed by atoms with E-state index in [4.69, 9.17) is 16.3 Å². The summed E-state index contributed by atoms with van der Waals surface area (Å²) in [6.45, 7) is -0.0677. The zero-order chi connectivity index (χ0) is 17.0. The molecule has 2 aromatic rings. The summed E-state index contributed by atoms with van der Waals surface area (Å²) in [5.74, 6) is 0. The number of nitrogens with one attached hydrogen (secondary N) is 1. The van der Waals surface area contributed by atoms with E-state index < -0.39 is 26.7 Å². The third kappa shape index (κ3) is 4.27. The Morgan fingerprint density at radius 3 is 2.61 bits per heavy atom. The van der Waals surface area contributed by atoms with Crippen molar-refractivity contribution >= 4 is 38.6 Å². The number of ether oxygens (including phenoxy) is 1. The summed E-state index contributed by atoms with van der Waals surface area (Å²) < 4.78 is 32.8. The van der Waals surface area contributed by atoms with E-state index in [0.29, 0.717) is 4.34 Å². The fourth-order valence-corrected chi connectivity index (χ4v) is 4.24. The summed E-state index contributed by atoms with van der Waals surface area (Å²) in [5, 5.41) is 11.0. The van der Waals surface area contributed by atoms with Gasteiger partial charge in [0.15, 0.2) is 4.90 Å². The van der Waals surface area contributed by atoms with E-state index in [1.165, 1.54) is 36.6 Å². The Bertz CT molecular complexity index is 806. The average molecular weight is 377 g/mol. The summed E-state index contributed by atoms with van der Waals surface area (Å²) in [4.78, 5) is 10.6. The second-order valence-corrected chi connectivity index (χ2v) is 7.92. The van der Waals surface area contributed by atoms with Crippen molar-refractivity contribution in [2.75, 3.05) is 13.7 Å². The van der Waals surface area contributed by atoms with Crippen molar-refractivity contribution in [1.82, 2.24) is 4.72 Å². The Morgan fingerprint density at radius 2 is 2.04 bits per heavy atom. The van der Waals surface area contributed by atoms with Gasteiger partial charge >= 0.3 is 0 Å². The van der Waals surface area contributed by atoms with Gasteiger partial charge in [-0.3, -0.25) is 10.1 Å². The SMILES string of the molecule is COC(CNS(=O)(=O)c1ccccc1[N+](=O)[O-])c1ccc(Cl)s1. The molecule has 0 spiro atoms. The van der Waals surface area contributed by atoms with Gasteiger partial charge in [0.2, 0.25) is 10.0 Å². The van der Waals surface area contributed by atoms with Crippen molar-refractivity contribution in [2.24, 2.45) is 0 Å². The number of halogens is 1. The van der Waals surface area contributed by atoms with Crippen molar-refractivity contribution in [3.63, 3.8) is 0 Å². The van der Waals surface area contributed by atoms with Crippen LogP contribution in [0.4, 0.5) is 5.69 Å². The lowest BCUT2D eigenvalue weighted by Crippen LogP contribution is -2.29. The summed E-state index contributed by atoms with van der Waals surface area (Å²) in [6, 6.07) is 8.58. The first-order valence-corrected chi connectivity index (χ1v) is 9.04. The second kappa shape index (κ2) is 7.37. The molecule has 1 N–H and O–H groups in total. The van der Waals surface area contributed by atoms with E-state index in [1.54, 1.807) is 12.1 Å². The lowest BCUT2D eigenvalue weighted by atomic mass is 10.3. The first kappa shape index (κ1) is 17.8. The molecule has 1 aromatic carbocycles. The minimum absolute atomic E-state index is 0.0677. The highest BCUT2D eigenvalue weighted by atomic mass is 35.5. The molecule has 0 bridgehead atoms. The molecule has 0 aliphatic rings. The van der Waals surface area contributed by atoms with Crippen LogP contribution < -0.4 is 4.72 Å². The smallest absolute Gasteiger partial charge is 0.289 e. The molecule has 0 saturated carbocycles. The molecule has 1 atom stereocenters. The van der Waals surface area contributed by atoms with E-state index in [2.05, 4.69) is 4.72 Å². The van der Waals surface area contributed by atoms with Crippen LogP contribution in [-0.2, 0) is 14.8 Å². The number of nitro benzene ring substituents is 1. The Balaban J connectivity index is 2.20. The fourth-order valence-electron chi connectivity index (χ4n) is 1.90. The van der Waals surface area contributed by atoms with Gasteiger partial charge in [-0.2, -0.15) is 0 Å². The zero-order valence-electron chi connectivity index (χ0n) is 11.9. The number of para-hydroxylation sites is 1. The van der Waals surface area contributed by atoms with Crippen LogP contribution in [0, 0.1) is 10.1 Å². The maximum absolute atomic E-state index is 12.3. The van der Waals surface area contributed by atoms with E-state index >= 15 is 0 Å². The van der Waals surface area contributed by atoms with Crippen molar-refractivity contribution < 1.29 is 18.1 Å². The molecule has 10 heteroatoms. The van der Waals surface area contributed by atoms with E-state index in [1.807, 2.05) is 0 Å². The molecule has 1 aromatic heterocycles. The first-order chi connectivity index (χ1) is 10.8. The average Bonchev–Trinajstić information content (AvgIpc) is 2.94. The molecule has 2 rings (SSSR count). The number of nitro groups is 1. The number of nitrogens with zero attached hydrogens (tertiary/aromatic N) is 1. The van der Waals surface area contributed by atoms with Gasteiger partial charge in [0, 0.05) is 24.6 Å². The van der Waals surface area contributed by atoms with Gasteiger partial charge in [0.05, 0.1) is 9.26 Å². The molecular formula is C13H13ClN2O5S2. The molecular weight excluding hydrogens is 364 g/mol. The second-order valence-electron chi connectivity index (χ2n) is 4.44. The van der Waals surface area contributed by atoms with Crippen molar-refractivity contribution in [3.05, 3.63) is 55.7 Å². The van der Waals surface area contributed by atoms with Crippen molar-refractivity contribution in [1.29, 1.82) is 0 Å². The van der Waals surface area contributed by atoms with Crippen LogP contribution in [0.1, 0.15) is 11.0 Å². The lowest BCUT2D eigenvalue weighted by Gasteiger charge is -2.14. The highest BCUT2D eigenvalue weighted by molar-refractivity contribution is 7.89. The third-order valence-corrected chi connectivity index (χ3v) is 5.80. The summed E-state index contributed by atoms with van der Waals surface area (Å²) in [7, 11) is -2.60. The van der Waals surface area contributed by atoms with Gasteiger partial charge in [-0.05, 0) is 18.2 Å². The summed E-state index contributed by atoms with van der Waals surface area (Å²) in [5.41, 5.74) is -0.479. The van der Waals surface area contributed by atoms with Crippen molar-refractivity contribution in [2.45, 2.75) is 11.0 Å².